The van der Waals surface area contributed by atoms with Crippen LogP contribution in [0.15, 0.2) is 71.6 Å². The monoisotopic (exact) mass is 493 g/mol. The van der Waals surface area contributed by atoms with Gasteiger partial charge in [0.05, 0.1) is 23.8 Å². The van der Waals surface area contributed by atoms with E-state index in [1.54, 1.807) is 22.7 Å². The van der Waals surface area contributed by atoms with Crippen LogP contribution in [0.1, 0.15) is 0 Å². The lowest BCUT2D eigenvalue weighted by Crippen LogP contribution is -2.38. The predicted octanol–water partition coefficient (Wildman–Crippen LogP) is 3.25. The van der Waals surface area contributed by atoms with Crippen LogP contribution in [0.3, 0.4) is 0 Å². The summed E-state index contributed by atoms with van der Waals surface area (Å²) in [6, 6.07) is 20.1. The minimum atomic E-state index is -3.31. The number of sulfone groups is 1. The highest BCUT2D eigenvalue weighted by atomic mass is 32.2. The molecule has 10 heteroatoms. The number of morpholine rings is 1. The van der Waals surface area contributed by atoms with Crippen molar-refractivity contribution in [1.29, 1.82) is 0 Å². The molecule has 2 aromatic carbocycles. The lowest BCUT2D eigenvalue weighted by atomic mass is 10.1. The van der Waals surface area contributed by atoms with Gasteiger partial charge in [0.15, 0.2) is 15.5 Å². The Morgan fingerprint density at radius 3 is 2.57 bits per heavy atom. The zero-order valence-electron chi connectivity index (χ0n) is 19.4. The Balaban J connectivity index is 1.28. The molecule has 0 saturated carbocycles. The van der Waals surface area contributed by atoms with Crippen LogP contribution in [0, 0.1) is 0 Å². The second kappa shape index (κ2) is 10.0. The third-order valence-electron chi connectivity index (χ3n) is 5.81. The molecule has 5 rings (SSSR count). The summed E-state index contributed by atoms with van der Waals surface area (Å²) in [6.45, 7) is 4.97. The fourth-order valence-corrected chi connectivity index (χ4v) is 4.61. The largest absolute Gasteiger partial charge is 0.492 e. The van der Waals surface area contributed by atoms with Crippen LogP contribution in [0.2, 0.25) is 0 Å². The highest BCUT2D eigenvalue weighted by Crippen LogP contribution is 2.25. The molecule has 9 nitrogen and oxygen atoms in total. The van der Waals surface area contributed by atoms with E-state index in [2.05, 4.69) is 20.3 Å². The van der Waals surface area contributed by atoms with E-state index < -0.39 is 9.84 Å². The molecule has 4 aromatic rings. The van der Waals surface area contributed by atoms with E-state index in [9.17, 15) is 8.42 Å². The molecule has 0 radical (unpaired) electrons. The highest BCUT2D eigenvalue weighted by molar-refractivity contribution is 7.90. The third kappa shape index (κ3) is 5.61. The maximum atomic E-state index is 12.0. The van der Waals surface area contributed by atoms with E-state index in [0.717, 1.165) is 55.5 Å². The zero-order valence-corrected chi connectivity index (χ0v) is 20.2. The first-order valence-corrected chi connectivity index (χ1v) is 13.3. The van der Waals surface area contributed by atoms with E-state index in [-0.39, 0.29) is 4.90 Å². The van der Waals surface area contributed by atoms with Crippen molar-refractivity contribution in [2.75, 3.05) is 51.0 Å². The van der Waals surface area contributed by atoms with Gasteiger partial charge in [0.1, 0.15) is 12.4 Å². The Morgan fingerprint density at radius 2 is 1.80 bits per heavy atom. The minimum absolute atomic E-state index is 0.262. The van der Waals surface area contributed by atoms with Crippen molar-refractivity contribution in [2.45, 2.75) is 4.90 Å². The first-order valence-electron chi connectivity index (χ1n) is 11.4. The molecule has 0 amide bonds. The van der Waals surface area contributed by atoms with Gasteiger partial charge in [-0.15, -0.1) is 5.10 Å². The number of pyridine rings is 1. The van der Waals surface area contributed by atoms with Crippen molar-refractivity contribution in [2.24, 2.45) is 0 Å². The van der Waals surface area contributed by atoms with Gasteiger partial charge in [0.25, 0.3) is 0 Å². The maximum Gasteiger partial charge on any atom is 0.247 e. The molecule has 3 heterocycles. The average molecular weight is 494 g/mol. The van der Waals surface area contributed by atoms with Crippen molar-refractivity contribution >= 4 is 27.1 Å². The lowest BCUT2D eigenvalue weighted by molar-refractivity contribution is 0.0322. The normalized spacial score (nSPS) is 14.8. The van der Waals surface area contributed by atoms with Gasteiger partial charge in [-0.3, -0.25) is 4.90 Å². The predicted molar refractivity (Wildman–Crippen MR) is 134 cm³/mol. The summed E-state index contributed by atoms with van der Waals surface area (Å²) < 4.78 is 36.9. The molecule has 0 bridgehead atoms. The number of anilines is 2. The second-order valence-corrected chi connectivity index (χ2v) is 10.4. The summed E-state index contributed by atoms with van der Waals surface area (Å²) in [7, 11) is -3.31. The summed E-state index contributed by atoms with van der Waals surface area (Å²) in [5, 5.41) is 7.82. The number of benzene rings is 2. The molecule has 0 aliphatic carbocycles. The molecule has 1 saturated heterocycles. The van der Waals surface area contributed by atoms with Crippen LogP contribution in [-0.2, 0) is 14.6 Å². The Kier molecular flexibility index (Phi) is 6.67. The van der Waals surface area contributed by atoms with Gasteiger partial charge in [-0.1, -0.05) is 18.2 Å². The molecule has 1 N–H and O–H groups in total. The van der Waals surface area contributed by atoms with Crippen molar-refractivity contribution < 1.29 is 17.9 Å². The number of rotatable bonds is 8. The van der Waals surface area contributed by atoms with E-state index in [4.69, 9.17) is 9.47 Å². The van der Waals surface area contributed by atoms with Crippen molar-refractivity contribution in [3.8, 4) is 17.0 Å². The van der Waals surface area contributed by atoms with Crippen LogP contribution in [0.4, 0.5) is 11.6 Å². The molecular weight excluding hydrogens is 466 g/mol. The lowest BCUT2D eigenvalue weighted by Gasteiger charge is -2.26. The third-order valence-corrected chi connectivity index (χ3v) is 6.92. The van der Waals surface area contributed by atoms with E-state index in [1.165, 1.54) is 6.26 Å². The molecule has 0 atom stereocenters. The van der Waals surface area contributed by atoms with Gasteiger partial charge in [-0.05, 0) is 48.5 Å². The van der Waals surface area contributed by atoms with Crippen LogP contribution in [0.25, 0.3) is 16.9 Å². The molecule has 35 heavy (non-hydrogen) atoms. The summed E-state index contributed by atoms with van der Waals surface area (Å²) in [4.78, 5) is 7.16. The number of aromatic nitrogens is 3. The minimum Gasteiger partial charge on any atom is -0.492 e. The van der Waals surface area contributed by atoms with Crippen molar-refractivity contribution in [3.05, 3.63) is 66.7 Å². The number of ether oxygens (including phenoxy) is 2. The van der Waals surface area contributed by atoms with E-state index >= 15 is 0 Å². The van der Waals surface area contributed by atoms with E-state index in [0.29, 0.717) is 18.2 Å². The van der Waals surface area contributed by atoms with Crippen molar-refractivity contribution in [3.63, 3.8) is 0 Å². The molecule has 1 fully saturated rings. The first kappa shape index (κ1) is 23.3. The number of hydrogen-bond donors (Lipinski definition) is 1. The van der Waals surface area contributed by atoms with Crippen LogP contribution >= 0.6 is 0 Å². The van der Waals surface area contributed by atoms with Gasteiger partial charge in [0.2, 0.25) is 5.95 Å². The summed E-state index contributed by atoms with van der Waals surface area (Å²) in [5.74, 6) is 1.25. The SMILES string of the molecule is CS(=O)(=O)c1cccc(-c2cccc3nc(Nc4ccc(OCCN5CCOCC5)cc4)nn23)c1. The fourth-order valence-electron chi connectivity index (χ4n) is 3.94. The van der Waals surface area contributed by atoms with Crippen LogP contribution in [0.5, 0.6) is 5.75 Å². The highest BCUT2D eigenvalue weighted by Gasteiger charge is 2.13. The van der Waals surface area contributed by atoms with Crippen LogP contribution < -0.4 is 10.1 Å². The van der Waals surface area contributed by atoms with Gasteiger partial charge < -0.3 is 14.8 Å². The Labute approximate surface area is 204 Å². The van der Waals surface area contributed by atoms with Gasteiger partial charge >= 0.3 is 0 Å². The summed E-state index contributed by atoms with van der Waals surface area (Å²) in [5.41, 5.74) is 2.98. The number of nitrogens with one attached hydrogen (secondary N) is 1. The van der Waals surface area contributed by atoms with Crippen LogP contribution in [-0.4, -0.2) is 73.6 Å². The molecule has 0 unspecified atom stereocenters. The number of nitrogens with zero attached hydrogens (tertiary/aromatic N) is 4. The molecule has 0 spiro atoms. The van der Waals surface area contributed by atoms with Gasteiger partial charge in [0, 0.05) is 37.1 Å². The number of fused-ring (bicyclic) bond motifs is 1. The van der Waals surface area contributed by atoms with Gasteiger partial charge in [-0.25, -0.2) is 12.9 Å². The molecule has 2 aromatic heterocycles. The summed E-state index contributed by atoms with van der Waals surface area (Å²) in [6.07, 6.45) is 1.20. The smallest absolute Gasteiger partial charge is 0.247 e. The van der Waals surface area contributed by atoms with Gasteiger partial charge in [-0.2, -0.15) is 4.98 Å². The topological polar surface area (TPSA) is 98.1 Å². The molecule has 1 aliphatic rings. The fraction of sp³-hybridized carbons (Fsp3) is 0.280. The quantitative estimate of drug-likeness (QED) is 0.400. The average Bonchev–Trinajstić information content (AvgIpc) is 3.28. The Morgan fingerprint density at radius 1 is 1.03 bits per heavy atom. The standard InChI is InChI=1S/C25H27N5O4S/c1-35(31,32)22-5-2-4-19(18-22)23-6-3-7-24-27-25(28-30(23)24)26-20-8-10-21(11-9-20)34-17-14-29-12-15-33-16-13-29/h2-11,18H,12-17H2,1H3,(H,26,28). The Hall–Kier alpha value is -3.47. The Bertz CT molecular complexity index is 1410. The number of hydrogen-bond acceptors (Lipinski definition) is 8. The molecular formula is C25H27N5O4S. The second-order valence-electron chi connectivity index (χ2n) is 8.37. The first-order chi connectivity index (χ1) is 17.0. The maximum absolute atomic E-state index is 12.0. The van der Waals surface area contributed by atoms with E-state index in [1.807, 2.05) is 48.5 Å². The molecule has 182 valence electrons. The van der Waals surface area contributed by atoms with Crippen molar-refractivity contribution in [1.82, 2.24) is 19.5 Å². The zero-order chi connectivity index (χ0) is 24.3. The molecule has 1 aliphatic heterocycles. The summed E-state index contributed by atoms with van der Waals surface area (Å²) >= 11 is 0.